The van der Waals surface area contributed by atoms with Gasteiger partial charge in [-0.2, -0.15) is 0 Å². The van der Waals surface area contributed by atoms with Crippen LogP contribution < -0.4 is 10.1 Å². The molecular formula is C14H15Cl2NO2. The molecule has 0 aliphatic carbocycles. The number of aryl methyl sites for hydroxylation is 1. The first kappa shape index (κ1) is 14.3. The molecule has 3 nitrogen and oxygen atoms in total. The molecule has 0 spiro atoms. The van der Waals surface area contributed by atoms with Gasteiger partial charge in [-0.1, -0.05) is 23.2 Å². The minimum Gasteiger partial charge on any atom is -0.484 e. The van der Waals surface area contributed by atoms with Crippen molar-refractivity contribution in [3.05, 3.63) is 51.4 Å². The molecule has 5 heteroatoms. The summed E-state index contributed by atoms with van der Waals surface area (Å²) in [5.41, 5.74) is 1.13. The number of furan rings is 1. The van der Waals surface area contributed by atoms with E-state index in [9.17, 15) is 0 Å². The van der Waals surface area contributed by atoms with Crippen molar-refractivity contribution in [2.45, 2.75) is 20.1 Å². The van der Waals surface area contributed by atoms with E-state index in [0.717, 1.165) is 23.6 Å². The summed E-state index contributed by atoms with van der Waals surface area (Å²) in [6.45, 7) is 3.05. The molecule has 1 heterocycles. The lowest BCUT2D eigenvalue weighted by Crippen LogP contribution is -2.04. The Bertz CT molecular complexity index is 567. The van der Waals surface area contributed by atoms with Gasteiger partial charge in [0, 0.05) is 17.1 Å². The number of hydrogen-bond acceptors (Lipinski definition) is 3. The highest BCUT2D eigenvalue weighted by Crippen LogP contribution is 2.28. The lowest BCUT2D eigenvalue weighted by Gasteiger charge is -2.06. The van der Waals surface area contributed by atoms with Crippen molar-refractivity contribution in [2.24, 2.45) is 0 Å². The zero-order valence-corrected chi connectivity index (χ0v) is 12.3. The normalized spacial score (nSPS) is 10.7. The third-order valence-electron chi connectivity index (χ3n) is 2.70. The maximum Gasteiger partial charge on any atom is 0.146 e. The van der Waals surface area contributed by atoms with E-state index in [1.165, 1.54) is 0 Å². The second kappa shape index (κ2) is 6.33. The van der Waals surface area contributed by atoms with Gasteiger partial charge < -0.3 is 14.5 Å². The zero-order chi connectivity index (χ0) is 13.8. The van der Waals surface area contributed by atoms with E-state index in [2.05, 4.69) is 5.32 Å². The monoisotopic (exact) mass is 299 g/mol. The first-order chi connectivity index (χ1) is 9.10. The van der Waals surface area contributed by atoms with Crippen molar-refractivity contribution < 1.29 is 9.15 Å². The minimum absolute atomic E-state index is 0.339. The lowest BCUT2D eigenvalue weighted by molar-refractivity contribution is 0.267. The van der Waals surface area contributed by atoms with Crippen LogP contribution in [0.2, 0.25) is 10.0 Å². The predicted molar refractivity (Wildman–Crippen MR) is 77.0 cm³/mol. The molecule has 0 unspecified atom stereocenters. The van der Waals surface area contributed by atoms with E-state index in [-0.39, 0.29) is 0 Å². The molecule has 102 valence electrons. The third-order valence-corrected chi connectivity index (χ3v) is 3.23. The summed E-state index contributed by atoms with van der Waals surface area (Å²) < 4.78 is 11.2. The van der Waals surface area contributed by atoms with Gasteiger partial charge in [0.25, 0.3) is 0 Å². The van der Waals surface area contributed by atoms with E-state index in [0.29, 0.717) is 22.4 Å². The molecule has 2 rings (SSSR count). The molecule has 0 amide bonds. The summed E-state index contributed by atoms with van der Waals surface area (Å²) in [6, 6.07) is 7.12. The van der Waals surface area contributed by atoms with Crippen LogP contribution in [-0.2, 0) is 13.2 Å². The SMILES string of the molecule is CNCc1cc(COc2ccc(Cl)cc2Cl)oc1C. The molecule has 0 saturated heterocycles. The molecule has 0 atom stereocenters. The molecule has 0 radical (unpaired) electrons. The minimum atomic E-state index is 0.339. The first-order valence-electron chi connectivity index (χ1n) is 5.91. The maximum atomic E-state index is 6.03. The predicted octanol–water partition coefficient (Wildman–Crippen LogP) is 4.19. The second-order valence-electron chi connectivity index (χ2n) is 4.19. The average Bonchev–Trinajstić information content (AvgIpc) is 2.70. The van der Waals surface area contributed by atoms with Crippen molar-refractivity contribution in [3.8, 4) is 5.75 Å². The number of hydrogen-bond donors (Lipinski definition) is 1. The molecule has 0 bridgehead atoms. The van der Waals surface area contributed by atoms with Gasteiger partial charge in [-0.3, -0.25) is 0 Å². The standard InChI is InChI=1S/C14H15Cl2NO2/c1-9-10(7-17-2)5-12(19-9)8-18-14-4-3-11(15)6-13(14)16/h3-6,17H,7-8H2,1-2H3. The molecule has 1 aromatic carbocycles. The van der Waals surface area contributed by atoms with Crippen molar-refractivity contribution in [2.75, 3.05) is 7.05 Å². The maximum absolute atomic E-state index is 6.03. The van der Waals surface area contributed by atoms with Crippen molar-refractivity contribution in [3.63, 3.8) is 0 Å². The molecule has 2 aromatic rings. The number of ether oxygens (including phenoxy) is 1. The Kier molecular flexibility index (Phi) is 4.75. The summed E-state index contributed by atoms with van der Waals surface area (Å²) in [7, 11) is 1.90. The average molecular weight is 300 g/mol. The van der Waals surface area contributed by atoms with Gasteiger partial charge in [0.15, 0.2) is 0 Å². The van der Waals surface area contributed by atoms with Gasteiger partial charge in [-0.05, 0) is 38.2 Å². The van der Waals surface area contributed by atoms with Gasteiger partial charge in [0.2, 0.25) is 0 Å². The Balaban J connectivity index is 2.04. The summed E-state index contributed by atoms with van der Waals surface area (Å²) in [6.07, 6.45) is 0. The first-order valence-corrected chi connectivity index (χ1v) is 6.66. The summed E-state index contributed by atoms with van der Waals surface area (Å²) in [5.74, 6) is 2.26. The van der Waals surface area contributed by atoms with E-state index in [4.69, 9.17) is 32.4 Å². The van der Waals surface area contributed by atoms with Crippen LogP contribution in [0.1, 0.15) is 17.1 Å². The van der Waals surface area contributed by atoms with Crippen LogP contribution in [0.5, 0.6) is 5.75 Å². The van der Waals surface area contributed by atoms with E-state index < -0.39 is 0 Å². The fourth-order valence-electron chi connectivity index (χ4n) is 1.77. The quantitative estimate of drug-likeness (QED) is 0.899. The van der Waals surface area contributed by atoms with Crippen LogP contribution in [0.25, 0.3) is 0 Å². The number of rotatable bonds is 5. The van der Waals surface area contributed by atoms with E-state index in [1.54, 1.807) is 18.2 Å². The number of nitrogens with one attached hydrogen (secondary N) is 1. The number of benzene rings is 1. The van der Waals surface area contributed by atoms with Gasteiger partial charge in [0.1, 0.15) is 23.9 Å². The topological polar surface area (TPSA) is 34.4 Å². The van der Waals surface area contributed by atoms with Crippen LogP contribution >= 0.6 is 23.2 Å². The van der Waals surface area contributed by atoms with Crippen LogP contribution in [0.15, 0.2) is 28.7 Å². The highest BCUT2D eigenvalue weighted by Gasteiger charge is 2.08. The fraction of sp³-hybridized carbons (Fsp3) is 0.286. The van der Waals surface area contributed by atoms with Crippen molar-refractivity contribution >= 4 is 23.2 Å². The molecule has 0 fully saturated rings. The van der Waals surface area contributed by atoms with Crippen LogP contribution in [0, 0.1) is 6.92 Å². The van der Waals surface area contributed by atoms with Gasteiger partial charge in [0.05, 0.1) is 5.02 Å². The lowest BCUT2D eigenvalue weighted by atomic mass is 10.2. The van der Waals surface area contributed by atoms with Crippen LogP contribution in [0.4, 0.5) is 0 Å². The summed E-state index contributed by atoms with van der Waals surface area (Å²) >= 11 is 11.9. The molecule has 0 aliphatic rings. The van der Waals surface area contributed by atoms with Crippen molar-refractivity contribution in [1.82, 2.24) is 5.32 Å². The number of halogens is 2. The molecule has 1 aromatic heterocycles. The largest absolute Gasteiger partial charge is 0.484 e. The Hall–Kier alpha value is -1.16. The molecule has 0 aliphatic heterocycles. The molecule has 0 saturated carbocycles. The third kappa shape index (κ3) is 3.66. The summed E-state index contributed by atoms with van der Waals surface area (Å²) in [5, 5.41) is 4.17. The Morgan fingerprint density at radius 1 is 1.26 bits per heavy atom. The van der Waals surface area contributed by atoms with E-state index in [1.807, 2.05) is 20.0 Å². The van der Waals surface area contributed by atoms with Gasteiger partial charge >= 0.3 is 0 Å². The van der Waals surface area contributed by atoms with Crippen LogP contribution in [0.3, 0.4) is 0 Å². The Morgan fingerprint density at radius 3 is 2.74 bits per heavy atom. The molecule has 19 heavy (non-hydrogen) atoms. The van der Waals surface area contributed by atoms with Gasteiger partial charge in [-0.15, -0.1) is 0 Å². The van der Waals surface area contributed by atoms with E-state index >= 15 is 0 Å². The Morgan fingerprint density at radius 2 is 2.05 bits per heavy atom. The highest BCUT2D eigenvalue weighted by molar-refractivity contribution is 6.35. The fourth-order valence-corrected chi connectivity index (χ4v) is 2.23. The highest BCUT2D eigenvalue weighted by atomic mass is 35.5. The Labute approximate surface area is 122 Å². The van der Waals surface area contributed by atoms with Gasteiger partial charge in [-0.25, -0.2) is 0 Å². The van der Waals surface area contributed by atoms with Crippen LogP contribution in [-0.4, -0.2) is 7.05 Å². The molecular weight excluding hydrogens is 285 g/mol. The second-order valence-corrected chi connectivity index (χ2v) is 5.03. The molecule has 1 N–H and O–H groups in total. The smallest absolute Gasteiger partial charge is 0.146 e. The van der Waals surface area contributed by atoms with Crippen molar-refractivity contribution in [1.29, 1.82) is 0 Å². The zero-order valence-electron chi connectivity index (χ0n) is 10.8. The summed E-state index contributed by atoms with van der Waals surface area (Å²) in [4.78, 5) is 0.